The lowest BCUT2D eigenvalue weighted by molar-refractivity contribution is -0.134. The quantitative estimate of drug-likeness (QED) is 0.718. The predicted molar refractivity (Wildman–Crippen MR) is 70.4 cm³/mol. The van der Waals surface area contributed by atoms with Crippen molar-refractivity contribution >= 4 is 29.1 Å². The van der Waals surface area contributed by atoms with Crippen LogP contribution >= 0.6 is 23.2 Å². The average Bonchev–Trinajstić information content (AvgIpc) is 2.28. The second-order valence-corrected chi connectivity index (χ2v) is 5.57. The van der Waals surface area contributed by atoms with Crippen molar-refractivity contribution in [2.75, 3.05) is 0 Å². The number of rotatable bonds is 1. The van der Waals surface area contributed by atoms with Gasteiger partial charge in [-0.3, -0.25) is 4.79 Å². The highest BCUT2D eigenvalue weighted by Crippen LogP contribution is 2.33. The minimum Gasteiger partial charge on any atom is -0.331 e. The third kappa shape index (κ3) is 2.29. The molecule has 1 aliphatic rings. The van der Waals surface area contributed by atoms with Crippen LogP contribution in [0.2, 0.25) is 0 Å². The zero-order chi connectivity index (χ0) is 12.6. The van der Waals surface area contributed by atoms with Crippen molar-refractivity contribution in [2.45, 2.75) is 37.2 Å². The first-order valence-electron chi connectivity index (χ1n) is 5.70. The Hall–Kier alpha value is -0.730. The minimum absolute atomic E-state index is 0.0300. The molecule has 1 heterocycles. The number of benzene rings is 1. The molecular formula is C13H15Cl2NO. The topological polar surface area (TPSA) is 20.3 Å². The summed E-state index contributed by atoms with van der Waals surface area (Å²) in [6.45, 7) is 4.04. The summed E-state index contributed by atoms with van der Waals surface area (Å²) in [5, 5.41) is 0. The molecule has 4 heteroatoms. The van der Waals surface area contributed by atoms with Gasteiger partial charge >= 0.3 is 0 Å². The van der Waals surface area contributed by atoms with Gasteiger partial charge in [0.25, 0.3) is 5.91 Å². The fourth-order valence-electron chi connectivity index (χ4n) is 2.60. The largest absolute Gasteiger partial charge is 0.331 e. The molecular weight excluding hydrogens is 257 g/mol. The number of alkyl halides is 2. The van der Waals surface area contributed by atoms with Crippen molar-refractivity contribution in [3.8, 4) is 0 Å². The Morgan fingerprint density at radius 1 is 1.35 bits per heavy atom. The molecule has 92 valence electrons. The number of amides is 1. The summed E-state index contributed by atoms with van der Waals surface area (Å²) in [4.78, 5) is 12.8. The van der Waals surface area contributed by atoms with Crippen molar-refractivity contribution in [3.63, 3.8) is 0 Å². The Morgan fingerprint density at radius 3 is 2.65 bits per heavy atom. The van der Waals surface area contributed by atoms with Crippen LogP contribution in [0.1, 0.15) is 31.0 Å². The molecule has 2 unspecified atom stereocenters. The molecule has 17 heavy (non-hydrogen) atoms. The maximum absolute atomic E-state index is 12.0. The fourth-order valence-corrected chi connectivity index (χ4v) is 2.82. The third-order valence-corrected chi connectivity index (χ3v) is 3.73. The van der Waals surface area contributed by atoms with E-state index in [0.717, 1.165) is 6.42 Å². The van der Waals surface area contributed by atoms with Crippen LogP contribution in [0.4, 0.5) is 0 Å². The lowest BCUT2D eigenvalue weighted by Crippen LogP contribution is -2.47. The van der Waals surface area contributed by atoms with Gasteiger partial charge in [-0.15, -0.1) is 0 Å². The van der Waals surface area contributed by atoms with Gasteiger partial charge in [-0.05, 0) is 31.4 Å². The molecule has 1 amide bonds. The minimum atomic E-state index is -0.981. The molecule has 2 rings (SSSR count). The second kappa shape index (κ2) is 4.87. The molecule has 0 saturated heterocycles. The maximum atomic E-state index is 12.0. The molecule has 0 N–H and O–H groups in total. The zero-order valence-electron chi connectivity index (χ0n) is 9.86. The number of carbonyl (C=O) groups is 1. The van der Waals surface area contributed by atoms with E-state index in [-0.39, 0.29) is 18.0 Å². The smallest absolute Gasteiger partial charge is 0.256 e. The normalized spacial score (nSPS) is 23.7. The predicted octanol–water partition coefficient (Wildman–Crippen LogP) is 3.32. The highest BCUT2D eigenvalue weighted by Gasteiger charge is 2.34. The maximum Gasteiger partial charge on any atom is 0.256 e. The standard InChI is InChI=1S/C13H15Cl2NO/c1-8-7-10-5-3-4-6-11(10)9(2)16(8)13(17)12(14)15/h3-6,8-9,12H,7H2,1-2H3. The van der Waals surface area contributed by atoms with Crippen LogP contribution in [0, 0.1) is 0 Å². The van der Waals surface area contributed by atoms with Gasteiger partial charge in [0.1, 0.15) is 0 Å². The first-order valence-corrected chi connectivity index (χ1v) is 6.57. The number of carbonyl (C=O) groups excluding carboxylic acids is 1. The summed E-state index contributed by atoms with van der Waals surface area (Å²) in [6, 6.07) is 8.36. The van der Waals surface area contributed by atoms with Crippen molar-refractivity contribution in [1.82, 2.24) is 4.90 Å². The lowest BCUT2D eigenvalue weighted by Gasteiger charge is -2.40. The molecule has 2 nitrogen and oxygen atoms in total. The van der Waals surface area contributed by atoms with E-state index in [9.17, 15) is 4.79 Å². The number of fused-ring (bicyclic) bond motifs is 1. The zero-order valence-corrected chi connectivity index (χ0v) is 11.4. The van der Waals surface area contributed by atoms with Crippen molar-refractivity contribution < 1.29 is 4.79 Å². The van der Waals surface area contributed by atoms with E-state index >= 15 is 0 Å². The first kappa shape index (κ1) is 12.7. The van der Waals surface area contributed by atoms with Crippen LogP contribution in [0.3, 0.4) is 0 Å². The monoisotopic (exact) mass is 271 g/mol. The van der Waals surface area contributed by atoms with Gasteiger partial charge in [0, 0.05) is 6.04 Å². The van der Waals surface area contributed by atoms with Gasteiger partial charge in [-0.2, -0.15) is 0 Å². The molecule has 1 aromatic carbocycles. The van der Waals surface area contributed by atoms with Crippen molar-refractivity contribution in [2.24, 2.45) is 0 Å². The summed E-state index contributed by atoms with van der Waals surface area (Å²) < 4.78 is 0. The number of hydrogen-bond donors (Lipinski definition) is 0. The molecule has 0 bridgehead atoms. The lowest BCUT2D eigenvalue weighted by atomic mass is 9.89. The van der Waals surface area contributed by atoms with Crippen LogP contribution in [0.15, 0.2) is 24.3 Å². The van der Waals surface area contributed by atoms with Crippen LogP contribution in [0.5, 0.6) is 0 Å². The second-order valence-electron chi connectivity index (χ2n) is 4.47. The van der Waals surface area contributed by atoms with Gasteiger partial charge in [0.15, 0.2) is 4.84 Å². The number of halogens is 2. The molecule has 0 spiro atoms. The van der Waals surface area contributed by atoms with Gasteiger partial charge in [0.2, 0.25) is 0 Å². The van der Waals surface area contributed by atoms with Crippen LogP contribution in [-0.2, 0) is 11.2 Å². The molecule has 0 saturated carbocycles. The summed E-state index contributed by atoms with van der Waals surface area (Å²) in [5.74, 6) is -0.206. The van der Waals surface area contributed by atoms with Gasteiger partial charge in [-0.25, -0.2) is 0 Å². The summed E-state index contributed by atoms with van der Waals surface area (Å²) >= 11 is 11.4. The molecule has 0 fully saturated rings. The van der Waals surface area contributed by atoms with Crippen LogP contribution in [0.25, 0.3) is 0 Å². The first-order chi connectivity index (χ1) is 8.02. The number of hydrogen-bond acceptors (Lipinski definition) is 1. The highest BCUT2D eigenvalue weighted by molar-refractivity contribution is 6.53. The van der Waals surface area contributed by atoms with E-state index in [4.69, 9.17) is 23.2 Å². The Balaban J connectivity index is 2.36. The van der Waals surface area contributed by atoms with Gasteiger partial charge in [0.05, 0.1) is 6.04 Å². The summed E-state index contributed by atoms with van der Waals surface area (Å²) in [6.07, 6.45) is 0.854. The van der Waals surface area contributed by atoms with E-state index < -0.39 is 4.84 Å². The average molecular weight is 272 g/mol. The third-order valence-electron chi connectivity index (χ3n) is 3.35. The van der Waals surface area contributed by atoms with E-state index in [1.54, 1.807) is 4.90 Å². The van der Waals surface area contributed by atoms with E-state index in [1.807, 2.05) is 26.0 Å². The Morgan fingerprint density at radius 2 is 2.00 bits per heavy atom. The molecule has 0 radical (unpaired) electrons. The molecule has 0 aliphatic carbocycles. The Labute approximate surface area is 112 Å². The molecule has 0 aromatic heterocycles. The Kier molecular flexibility index (Phi) is 3.64. The van der Waals surface area contributed by atoms with E-state index in [0.29, 0.717) is 0 Å². The van der Waals surface area contributed by atoms with Crippen LogP contribution < -0.4 is 0 Å². The van der Waals surface area contributed by atoms with E-state index in [1.165, 1.54) is 11.1 Å². The highest BCUT2D eigenvalue weighted by atomic mass is 35.5. The molecule has 2 atom stereocenters. The molecule has 1 aromatic rings. The summed E-state index contributed by atoms with van der Waals surface area (Å²) in [5.41, 5.74) is 2.49. The van der Waals surface area contributed by atoms with Gasteiger partial charge in [-0.1, -0.05) is 47.5 Å². The molecule has 1 aliphatic heterocycles. The van der Waals surface area contributed by atoms with Crippen molar-refractivity contribution in [3.05, 3.63) is 35.4 Å². The van der Waals surface area contributed by atoms with Crippen molar-refractivity contribution in [1.29, 1.82) is 0 Å². The van der Waals surface area contributed by atoms with Gasteiger partial charge < -0.3 is 4.90 Å². The Bertz CT molecular complexity index is 433. The fraction of sp³-hybridized carbons (Fsp3) is 0.462. The van der Waals surface area contributed by atoms with Crippen LogP contribution in [-0.4, -0.2) is 21.7 Å². The number of nitrogens with zero attached hydrogens (tertiary/aromatic N) is 1. The SMILES string of the molecule is CC1Cc2ccccc2C(C)N1C(=O)C(Cl)Cl. The summed E-state index contributed by atoms with van der Waals surface area (Å²) in [7, 11) is 0. The van der Waals surface area contributed by atoms with E-state index in [2.05, 4.69) is 12.1 Å².